The standard InChI is InChI=1S/C18H17ClN2O6/c1-25-11-15-9-20(18(22)27-15)13-3-5-14(6-4-13)26-10-12-2-7-17(21(23)24)16(19)8-12/h2-8,15H,9-11H2,1H3. The molecule has 3 rings (SSSR count). The number of ether oxygens (including phenoxy) is 3. The van der Waals surface area contributed by atoms with Crippen LogP contribution < -0.4 is 9.64 Å². The zero-order valence-electron chi connectivity index (χ0n) is 14.5. The van der Waals surface area contributed by atoms with Gasteiger partial charge in [-0.3, -0.25) is 15.0 Å². The molecule has 27 heavy (non-hydrogen) atoms. The van der Waals surface area contributed by atoms with Gasteiger partial charge in [0, 0.05) is 18.9 Å². The molecule has 1 atom stereocenters. The molecule has 1 aliphatic heterocycles. The molecule has 2 aromatic rings. The van der Waals surface area contributed by atoms with Gasteiger partial charge in [-0.25, -0.2) is 4.79 Å². The van der Waals surface area contributed by atoms with Crippen LogP contribution in [0, 0.1) is 10.1 Å². The molecule has 0 N–H and O–H groups in total. The van der Waals surface area contributed by atoms with Crippen LogP contribution in [-0.4, -0.2) is 37.4 Å². The smallest absolute Gasteiger partial charge is 0.414 e. The highest BCUT2D eigenvalue weighted by molar-refractivity contribution is 6.32. The van der Waals surface area contributed by atoms with E-state index in [9.17, 15) is 14.9 Å². The molecular weight excluding hydrogens is 376 g/mol. The Morgan fingerprint density at radius 2 is 2.04 bits per heavy atom. The molecule has 2 aromatic carbocycles. The molecule has 9 heteroatoms. The monoisotopic (exact) mass is 392 g/mol. The number of rotatable bonds is 7. The van der Waals surface area contributed by atoms with Crippen molar-refractivity contribution >= 4 is 29.1 Å². The summed E-state index contributed by atoms with van der Waals surface area (Å²) >= 11 is 5.89. The quantitative estimate of drug-likeness (QED) is 0.525. The van der Waals surface area contributed by atoms with Crippen molar-refractivity contribution in [1.82, 2.24) is 0 Å². The Hall–Kier alpha value is -2.84. The van der Waals surface area contributed by atoms with Crippen molar-refractivity contribution < 1.29 is 23.9 Å². The number of methoxy groups -OCH3 is 1. The van der Waals surface area contributed by atoms with Crippen LogP contribution in [0.4, 0.5) is 16.2 Å². The second-order valence-electron chi connectivity index (χ2n) is 5.90. The first-order chi connectivity index (χ1) is 13.0. The number of anilines is 1. The summed E-state index contributed by atoms with van der Waals surface area (Å²) in [4.78, 5) is 23.7. The van der Waals surface area contributed by atoms with Gasteiger partial charge < -0.3 is 14.2 Å². The lowest BCUT2D eigenvalue weighted by Crippen LogP contribution is -2.25. The van der Waals surface area contributed by atoms with Crippen molar-refractivity contribution in [2.45, 2.75) is 12.7 Å². The molecule has 0 saturated carbocycles. The summed E-state index contributed by atoms with van der Waals surface area (Å²) in [6, 6.07) is 11.4. The summed E-state index contributed by atoms with van der Waals surface area (Å²) in [5.74, 6) is 0.592. The Kier molecular flexibility index (Phi) is 5.78. The van der Waals surface area contributed by atoms with E-state index in [0.717, 1.165) is 0 Å². The number of nitro benzene ring substituents is 1. The predicted octanol–water partition coefficient (Wildman–Crippen LogP) is 3.80. The van der Waals surface area contributed by atoms with Gasteiger partial charge in [0.05, 0.1) is 18.1 Å². The number of benzene rings is 2. The second-order valence-corrected chi connectivity index (χ2v) is 6.30. The normalized spacial score (nSPS) is 16.3. The molecule has 1 aliphatic rings. The van der Waals surface area contributed by atoms with Gasteiger partial charge in [-0.2, -0.15) is 0 Å². The maximum Gasteiger partial charge on any atom is 0.414 e. The van der Waals surface area contributed by atoms with Crippen molar-refractivity contribution in [2.75, 3.05) is 25.2 Å². The summed E-state index contributed by atoms with van der Waals surface area (Å²) in [6.45, 7) is 0.980. The summed E-state index contributed by atoms with van der Waals surface area (Å²) in [6.07, 6.45) is -0.698. The van der Waals surface area contributed by atoms with E-state index >= 15 is 0 Å². The van der Waals surface area contributed by atoms with Gasteiger partial charge in [0.2, 0.25) is 0 Å². The number of nitro groups is 1. The molecule has 0 spiro atoms. The number of hydrogen-bond donors (Lipinski definition) is 0. The zero-order chi connectivity index (χ0) is 19.4. The highest BCUT2D eigenvalue weighted by atomic mass is 35.5. The van der Waals surface area contributed by atoms with Crippen LogP contribution in [0.15, 0.2) is 42.5 Å². The van der Waals surface area contributed by atoms with E-state index in [2.05, 4.69) is 0 Å². The number of amides is 1. The minimum Gasteiger partial charge on any atom is -0.489 e. The van der Waals surface area contributed by atoms with Gasteiger partial charge >= 0.3 is 6.09 Å². The molecule has 0 aromatic heterocycles. The van der Waals surface area contributed by atoms with E-state index in [-0.39, 0.29) is 23.4 Å². The SMILES string of the molecule is COCC1CN(c2ccc(OCc3ccc([N+](=O)[O-])c(Cl)c3)cc2)C(=O)O1. The first-order valence-electron chi connectivity index (χ1n) is 8.10. The van der Waals surface area contributed by atoms with E-state index in [0.29, 0.717) is 30.2 Å². The van der Waals surface area contributed by atoms with E-state index in [4.69, 9.17) is 25.8 Å². The number of cyclic esters (lactones) is 1. The average molecular weight is 393 g/mol. The van der Waals surface area contributed by atoms with Crippen LogP contribution >= 0.6 is 11.6 Å². The molecule has 1 amide bonds. The molecule has 0 radical (unpaired) electrons. The summed E-state index contributed by atoms with van der Waals surface area (Å²) < 4.78 is 15.9. The van der Waals surface area contributed by atoms with Gasteiger partial charge in [-0.1, -0.05) is 11.6 Å². The van der Waals surface area contributed by atoms with Gasteiger partial charge in [-0.05, 0) is 42.0 Å². The van der Waals surface area contributed by atoms with Gasteiger partial charge in [0.1, 0.15) is 23.5 Å². The Balaban J connectivity index is 1.60. The topological polar surface area (TPSA) is 91.1 Å². The van der Waals surface area contributed by atoms with Crippen molar-refractivity contribution in [3.05, 3.63) is 63.2 Å². The van der Waals surface area contributed by atoms with Crippen LogP contribution in [0.1, 0.15) is 5.56 Å². The zero-order valence-corrected chi connectivity index (χ0v) is 15.2. The number of halogens is 1. The molecule has 0 aliphatic carbocycles. The minimum absolute atomic E-state index is 0.0645. The van der Waals surface area contributed by atoms with Crippen LogP contribution in [-0.2, 0) is 16.1 Å². The van der Waals surface area contributed by atoms with E-state index in [1.165, 1.54) is 17.0 Å². The van der Waals surface area contributed by atoms with Gasteiger partial charge in [0.25, 0.3) is 5.69 Å². The van der Waals surface area contributed by atoms with Gasteiger partial charge in [0.15, 0.2) is 0 Å². The maximum absolute atomic E-state index is 11.9. The molecule has 1 unspecified atom stereocenters. The Bertz CT molecular complexity index is 842. The van der Waals surface area contributed by atoms with Crippen molar-refractivity contribution in [3.63, 3.8) is 0 Å². The van der Waals surface area contributed by atoms with E-state index in [1.807, 2.05) is 0 Å². The molecular formula is C18H17ClN2O6. The molecule has 1 heterocycles. The number of carbonyl (C=O) groups excluding carboxylic acids is 1. The van der Waals surface area contributed by atoms with Crippen molar-refractivity contribution in [1.29, 1.82) is 0 Å². The average Bonchev–Trinajstić information content (AvgIpc) is 3.01. The van der Waals surface area contributed by atoms with E-state index in [1.54, 1.807) is 37.4 Å². The number of carbonyl (C=O) groups is 1. The lowest BCUT2D eigenvalue weighted by atomic mass is 10.2. The van der Waals surface area contributed by atoms with Crippen LogP contribution in [0.5, 0.6) is 5.75 Å². The lowest BCUT2D eigenvalue weighted by Gasteiger charge is -2.14. The molecule has 0 bridgehead atoms. The van der Waals surface area contributed by atoms with Crippen LogP contribution in [0.2, 0.25) is 5.02 Å². The van der Waals surface area contributed by atoms with Crippen LogP contribution in [0.25, 0.3) is 0 Å². The third kappa shape index (κ3) is 4.47. The third-order valence-corrected chi connectivity index (χ3v) is 4.29. The summed E-state index contributed by atoms with van der Waals surface area (Å²) in [7, 11) is 1.56. The third-order valence-electron chi connectivity index (χ3n) is 3.99. The van der Waals surface area contributed by atoms with E-state index < -0.39 is 11.0 Å². The highest BCUT2D eigenvalue weighted by Crippen LogP contribution is 2.27. The fourth-order valence-electron chi connectivity index (χ4n) is 2.68. The Morgan fingerprint density at radius 3 is 2.67 bits per heavy atom. The molecule has 1 saturated heterocycles. The Morgan fingerprint density at radius 1 is 1.30 bits per heavy atom. The summed E-state index contributed by atoms with van der Waals surface area (Å²) in [5, 5.41) is 10.8. The largest absolute Gasteiger partial charge is 0.489 e. The Labute approximate surface area is 160 Å². The first-order valence-corrected chi connectivity index (χ1v) is 8.48. The van der Waals surface area contributed by atoms with Crippen molar-refractivity contribution in [3.8, 4) is 5.75 Å². The molecule has 8 nitrogen and oxygen atoms in total. The number of nitrogens with zero attached hydrogens (tertiary/aromatic N) is 2. The fraction of sp³-hybridized carbons (Fsp3) is 0.278. The number of hydrogen-bond acceptors (Lipinski definition) is 6. The van der Waals surface area contributed by atoms with Gasteiger partial charge in [-0.15, -0.1) is 0 Å². The predicted molar refractivity (Wildman–Crippen MR) is 98.4 cm³/mol. The minimum atomic E-state index is -0.535. The lowest BCUT2D eigenvalue weighted by molar-refractivity contribution is -0.384. The molecule has 142 valence electrons. The maximum atomic E-state index is 11.9. The second kappa shape index (κ2) is 8.24. The first kappa shape index (κ1) is 18.9. The summed E-state index contributed by atoms with van der Waals surface area (Å²) in [5.41, 5.74) is 1.26. The fourth-order valence-corrected chi connectivity index (χ4v) is 2.95. The van der Waals surface area contributed by atoms with Crippen LogP contribution in [0.3, 0.4) is 0 Å². The van der Waals surface area contributed by atoms with Crippen molar-refractivity contribution in [2.24, 2.45) is 0 Å². The highest BCUT2D eigenvalue weighted by Gasteiger charge is 2.32. The molecule has 1 fully saturated rings.